The van der Waals surface area contributed by atoms with Gasteiger partial charge in [0.15, 0.2) is 0 Å². The Kier molecular flexibility index (Phi) is 6.83. The van der Waals surface area contributed by atoms with Gasteiger partial charge in [-0.3, -0.25) is 10.1 Å². The maximum absolute atomic E-state index is 13.6. The average molecular weight is 486 g/mol. The van der Waals surface area contributed by atoms with Crippen molar-refractivity contribution in [2.45, 2.75) is 18.8 Å². The van der Waals surface area contributed by atoms with Gasteiger partial charge in [0.05, 0.1) is 21.5 Å². The number of ether oxygens (including phenoxy) is 1. The average Bonchev–Trinajstić information content (AvgIpc) is 2.56. The summed E-state index contributed by atoms with van der Waals surface area (Å²) in [5, 5.41) is 13.6. The molecule has 0 aromatic heterocycles. The molecule has 28 heavy (non-hydrogen) atoms. The molecule has 12 heteroatoms. The number of nitro benzene ring substituents is 1. The Bertz CT molecular complexity index is 911. The van der Waals surface area contributed by atoms with Crippen molar-refractivity contribution in [3.05, 3.63) is 61.3 Å². The Labute approximate surface area is 168 Å². The van der Waals surface area contributed by atoms with Crippen LogP contribution in [-0.2, 0) is 4.79 Å². The molecule has 0 spiro atoms. The third-order valence-electron chi connectivity index (χ3n) is 3.48. The molecule has 0 aliphatic rings. The molecule has 2 aromatic rings. The first kappa shape index (κ1) is 21.9. The predicted molar refractivity (Wildman–Crippen MR) is 95.9 cm³/mol. The number of rotatable bonds is 7. The lowest BCUT2D eigenvalue weighted by Crippen LogP contribution is -2.21. The summed E-state index contributed by atoms with van der Waals surface area (Å²) in [5.41, 5.74) is -1.15. The van der Waals surface area contributed by atoms with Crippen LogP contribution in [0.4, 0.5) is 28.9 Å². The zero-order valence-corrected chi connectivity index (χ0v) is 15.9. The molecular weight excluding hydrogens is 476 g/mol. The smallest absolute Gasteiger partial charge is 0.405 e. The van der Waals surface area contributed by atoms with Crippen LogP contribution >= 0.6 is 27.5 Å². The number of nitro groups is 1. The molecule has 0 unspecified atom stereocenters. The highest BCUT2D eigenvalue weighted by molar-refractivity contribution is 9.10. The van der Waals surface area contributed by atoms with Gasteiger partial charge in [-0.25, -0.2) is 4.39 Å². The topological polar surface area (TPSA) is 81.5 Å². The predicted octanol–water partition coefficient (Wildman–Crippen LogP) is 5.79. The lowest BCUT2D eigenvalue weighted by atomic mass is 10.0. The Morgan fingerprint density at radius 3 is 2.61 bits per heavy atom. The summed E-state index contributed by atoms with van der Waals surface area (Å²) in [5.74, 6) is -1.59. The van der Waals surface area contributed by atoms with Gasteiger partial charge in [0.25, 0.3) is 5.69 Å². The molecule has 0 aliphatic heterocycles. The fourth-order valence-electron chi connectivity index (χ4n) is 2.40. The lowest BCUT2D eigenvalue weighted by Gasteiger charge is -2.23. The highest BCUT2D eigenvalue weighted by atomic mass is 79.9. The number of aldehydes is 1. The monoisotopic (exact) mass is 484 g/mol. The Balaban J connectivity index is 2.56. The van der Waals surface area contributed by atoms with Crippen molar-refractivity contribution in [1.29, 1.82) is 0 Å². The quantitative estimate of drug-likeness (QED) is 0.232. The maximum atomic E-state index is 13.6. The van der Waals surface area contributed by atoms with E-state index in [1.807, 2.05) is 0 Å². The van der Waals surface area contributed by atoms with Gasteiger partial charge in [-0.2, -0.15) is 0 Å². The number of nitrogens with one attached hydrogen (secondary N) is 1. The Morgan fingerprint density at radius 1 is 1.36 bits per heavy atom. The summed E-state index contributed by atoms with van der Waals surface area (Å²) in [6.45, 7) is 0. The van der Waals surface area contributed by atoms with Crippen molar-refractivity contribution in [3.8, 4) is 5.75 Å². The zero-order chi connectivity index (χ0) is 21.1. The normalized spacial score (nSPS) is 12.4. The van der Waals surface area contributed by atoms with Crippen LogP contribution in [0.3, 0.4) is 0 Å². The molecule has 1 N–H and O–H groups in total. The van der Waals surface area contributed by atoms with E-state index >= 15 is 0 Å². The molecule has 0 heterocycles. The number of hydrogen-bond acceptors (Lipinski definition) is 5. The highest BCUT2D eigenvalue weighted by Gasteiger charge is 2.34. The summed E-state index contributed by atoms with van der Waals surface area (Å²) in [4.78, 5) is 21.4. The van der Waals surface area contributed by atoms with Crippen molar-refractivity contribution < 1.29 is 32.0 Å². The van der Waals surface area contributed by atoms with E-state index in [0.29, 0.717) is 12.4 Å². The van der Waals surface area contributed by atoms with Gasteiger partial charge >= 0.3 is 6.36 Å². The number of nitrogens with zero attached hydrogens (tertiary/aromatic N) is 1. The summed E-state index contributed by atoms with van der Waals surface area (Å²) in [7, 11) is 0. The van der Waals surface area contributed by atoms with Crippen LogP contribution in [-0.4, -0.2) is 17.6 Å². The van der Waals surface area contributed by atoms with Crippen molar-refractivity contribution in [2.24, 2.45) is 0 Å². The maximum Gasteiger partial charge on any atom is 0.573 e. The van der Waals surface area contributed by atoms with E-state index in [0.717, 1.165) is 12.1 Å². The first-order valence-corrected chi connectivity index (χ1v) is 8.58. The number of alkyl halides is 3. The third-order valence-corrected chi connectivity index (χ3v) is 4.42. The molecule has 0 aliphatic carbocycles. The fraction of sp³-hybridized carbons (Fsp3) is 0.188. The summed E-state index contributed by atoms with van der Waals surface area (Å²) in [6.07, 6.45) is -5.04. The number of carbonyl (C=O) groups is 1. The minimum absolute atomic E-state index is 0.128. The second-order valence-electron chi connectivity index (χ2n) is 5.34. The van der Waals surface area contributed by atoms with E-state index in [1.54, 1.807) is 0 Å². The first-order valence-electron chi connectivity index (χ1n) is 7.41. The van der Waals surface area contributed by atoms with E-state index in [-0.39, 0.29) is 20.7 Å². The Hall–Kier alpha value is -2.40. The largest absolute Gasteiger partial charge is 0.573 e. The van der Waals surface area contributed by atoms with Crippen molar-refractivity contribution >= 4 is 45.2 Å². The van der Waals surface area contributed by atoms with Crippen molar-refractivity contribution in [2.75, 3.05) is 5.32 Å². The molecule has 1 atom stereocenters. The molecular formula is C16H10BrClF4N2O4. The number of anilines is 1. The van der Waals surface area contributed by atoms with Crippen LogP contribution in [0.5, 0.6) is 5.75 Å². The number of halogens is 6. The molecule has 0 radical (unpaired) electrons. The Morgan fingerprint density at radius 2 is 2.04 bits per heavy atom. The lowest BCUT2D eigenvalue weighted by molar-refractivity contribution is -0.384. The van der Waals surface area contributed by atoms with Gasteiger partial charge in [0.1, 0.15) is 23.5 Å². The van der Waals surface area contributed by atoms with Crippen LogP contribution in [0.15, 0.2) is 34.8 Å². The van der Waals surface area contributed by atoms with E-state index in [1.165, 1.54) is 12.1 Å². The number of hydrogen-bond donors (Lipinski definition) is 1. The van der Waals surface area contributed by atoms with Gasteiger partial charge in [0.2, 0.25) is 0 Å². The molecule has 0 saturated carbocycles. The number of benzene rings is 2. The van der Waals surface area contributed by atoms with Gasteiger partial charge in [-0.15, -0.1) is 13.2 Å². The van der Waals surface area contributed by atoms with E-state index in [2.05, 4.69) is 26.0 Å². The second-order valence-corrected chi connectivity index (χ2v) is 6.60. The second kappa shape index (κ2) is 8.74. The minimum Gasteiger partial charge on any atom is -0.405 e. The van der Waals surface area contributed by atoms with E-state index in [9.17, 15) is 32.5 Å². The zero-order valence-electron chi connectivity index (χ0n) is 13.6. The summed E-state index contributed by atoms with van der Waals surface area (Å²) in [6, 6.07) is 3.91. The molecule has 150 valence electrons. The van der Waals surface area contributed by atoms with E-state index in [4.69, 9.17) is 11.6 Å². The van der Waals surface area contributed by atoms with Crippen molar-refractivity contribution in [1.82, 2.24) is 0 Å². The van der Waals surface area contributed by atoms with Crippen molar-refractivity contribution in [3.63, 3.8) is 0 Å². The first-order chi connectivity index (χ1) is 13.0. The van der Waals surface area contributed by atoms with Crippen LogP contribution in [0.2, 0.25) is 5.02 Å². The number of carbonyl (C=O) groups excluding carboxylic acids is 1. The molecule has 0 saturated heterocycles. The molecule has 2 rings (SSSR count). The summed E-state index contributed by atoms with van der Waals surface area (Å²) < 4.78 is 55.6. The van der Waals surface area contributed by atoms with E-state index < -0.39 is 41.0 Å². The van der Waals surface area contributed by atoms with Crippen LogP contribution in [0.1, 0.15) is 18.0 Å². The van der Waals surface area contributed by atoms with Gasteiger partial charge in [0, 0.05) is 17.0 Å². The molecule has 0 bridgehead atoms. The molecule has 0 amide bonds. The molecule has 2 aromatic carbocycles. The SMILES string of the molecule is O=CC[C@@H](Nc1cc(Br)c(F)cc1[N+](=O)[O-])c1c(Cl)cccc1OC(F)(F)F. The third kappa shape index (κ3) is 5.32. The van der Waals surface area contributed by atoms with Crippen LogP contribution < -0.4 is 10.1 Å². The van der Waals surface area contributed by atoms with Gasteiger partial charge < -0.3 is 14.8 Å². The fourth-order valence-corrected chi connectivity index (χ4v) is 3.05. The molecule has 0 fully saturated rings. The van der Waals surface area contributed by atoms with Crippen LogP contribution in [0.25, 0.3) is 0 Å². The standard InChI is InChI=1S/C16H10BrClF4N2O4/c17-8-6-12(13(24(26)27)7-10(8)19)23-11(4-5-25)15-9(18)2-1-3-14(15)28-16(20,21)22/h1-3,5-7,11,23H,4H2/t11-/m1/s1. The highest BCUT2D eigenvalue weighted by Crippen LogP contribution is 2.40. The van der Waals surface area contributed by atoms with Crippen LogP contribution in [0, 0.1) is 15.9 Å². The summed E-state index contributed by atoms with van der Waals surface area (Å²) >= 11 is 8.88. The molecule has 6 nitrogen and oxygen atoms in total. The van der Waals surface area contributed by atoms with Gasteiger partial charge in [-0.05, 0) is 34.1 Å². The minimum atomic E-state index is -5.03. The van der Waals surface area contributed by atoms with Gasteiger partial charge in [-0.1, -0.05) is 17.7 Å².